The summed E-state index contributed by atoms with van der Waals surface area (Å²) in [5.41, 5.74) is 1.18. The van der Waals surface area contributed by atoms with Gasteiger partial charge < -0.3 is 10.1 Å². The Morgan fingerprint density at radius 2 is 2.12 bits per heavy atom. The van der Waals surface area contributed by atoms with Crippen molar-refractivity contribution in [3.8, 4) is 0 Å². The zero-order chi connectivity index (χ0) is 11.4. The van der Waals surface area contributed by atoms with E-state index in [1.807, 2.05) is 37.3 Å². The van der Waals surface area contributed by atoms with Crippen LogP contribution in [0.2, 0.25) is 0 Å². The van der Waals surface area contributed by atoms with Gasteiger partial charge in [-0.15, -0.1) is 0 Å². The maximum Gasteiger partial charge on any atom is 0.320 e. The molecule has 1 fully saturated rings. The number of rotatable bonds is 5. The fourth-order valence-electron chi connectivity index (χ4n) is 1.51. The first-order valence-corrected chi connectivity index (χ1v) is 5.73. The molecule has 0 bridgehead atoms. The first-order valence-electron chi connectivity index (χ1n) is 5.73. The standard InChI is InChI=1S/C13H17NO2/c1-10(11-5-3-2-4-6-11)14-9-13(15)16-12-7-8-12/h2-6,10,12,14H,7-9H2,1H3/t10-/m0/s1. The van der Waals surface area contributed by atoms with Crippen molar-refractivity contribution < 1.29 is 9.53 Å². The molecule has 0 aromatic heterocycles. The summed E-state index contributed by atoms with van der Waals surface area (Å²) in [7, 11) is 0. The van der Waals surface area contributed by atoms with Crippen molar-refractivity contribution >= 4 is 5.97 Å². The molecule has 2 rings (SSSR count). The molecule has 0 unspecified atom stereocenters. The number of hydrogen-bond donors (Lipinski definition) is 1. The van der Waals surface area contributed by atoms with Crippen LogP contribution in [0.25, 0.3) is 0 Å². The number of carbonyl (C=O) groups is 1. The molecule has 1 aromatic carbocycles. The molecular weight excluding hydrogens is 202 g/mol. The Hall–Kier alpha value is -1.35. The fraction of sp³-hybridized carbons (Fsp3) is 0.462. The molecule has 1 aromatic rings. The van der Waals surface area contributed by atoms with E-state index in [1.54, 1.807) is 0 Å². The molecule has 0 radical (unpaired) electrons. The monoisotopic (exact) mass is 219 g/mol. The summed E-state index contributed by atoms with van der Waals surface area (Å²) < 4.78 is 5.15. The predicted octanol–water partition coefficient (Wildman–Crippen LogP) is 2.04. The van der Waals surface area contributed by atoms with E-state index in [0.29, 0.717) is 0 Å². The minimum Gasteiger partial charge on any atom is -0.461 e. The SMILES string of the molecule is C[C@H](NCC(=O)OC1CC1)c1ccccc1. The lowest BCUT2D eigenvalue weighted by Gasteiger charge is -2.13. The van der Waals surface area contributed by atoms with E-state index in [-0.39, 0.29) is 24.7 Å². The molecule has 1 saturated carbocycles. The molecule has 1 N–H and O–H groups in total. The third-order valence-electron chi connectivity index (χ3n) is 2.67. The van der Waals surface area contributed by atoms with Crippen molar-refractivity contribution in [3.05, 3.63) is 35.9 Å². The Morgan fingerprint density at radius 3 is 2.75 bits per heavy atom. The summed E-state index contributed by atoms with van der Waals surface area (Å²) in [6.45, 7) is 2.33. The number of ether oxygens (including phenoxy) is 1. The largest absolute Gasteiger partial charge is 0.461 e. The highest BCUT2D eigenvalue weighted by molar-refractivity contribution is 5.72. The Kier molecular flexibility index (Phi) is 3.57. The van der Waals surface area contributed by atoms with Crippen molar-refractivity contribution in [3.63, 3.8) is 0 Å². The summed E-state index contributed by atoms with van der Waals surface area (Å²) in [5, 5.41) is 3.16. The molecule has 1 aliphatic carbocycles. The Labute approximate surface area is 95.8 Å². The third kappa shape index (κ3) is 3.35. The molecule has 0 spiro atoms. The van der Waals surface area contributed by atoms with Crippen LogP contribution >= 0.6 is 0 Å². The van der Waals surface area contributed by atoms with Gasteiger partial charge in [0.15, 0.2) is 0 Å². The highest BCUT2D eigenvalue weighted by atomic mass is 16.5. The molecule has 0 saturated heterocycles. The summed E-state index contributed by atoms with van der Waals surface area (Å²) in [4.78, 5) is 11.3. The van der Waals surface area contributed by atoms with Crippen LogP contribution in [0.15, 0.2) is 30.3 Å². The van der Waals surface area contributed by atoms with Gasteiger partial charge in [0.2, 0.25) is 0 Å². The van der Waals surface area contributed by atoms with E-state index in [1.165, 1.54) is 5.56 Å². The van der Waals surface area contributed by atoms with Crippen molar-refractivity contribution in [2.24, 2.45) is 0 Å². The van der Waals surface area contributed by atoms with Crippen LogP contribution in [-0.2, 0) is 9.53 Å². The Balaban J connectivity index is 1.74. The highest BCUT2D eigenvalue weighted by Gasteiger charge is 2.25. The van der Waals surface area contributed by atoms with Gasteiger partial charge in [-0.3, -0.25) is 4.79 Å². The lowest BCUT2D eigenvalue weighted by Crippen LogP contribution is -2.27. The van der Waals surface area contributed by atoms with E-state index in [2.05, 4.69) is 5.32 Å². The molecule has 3 heteroatoms. The van der Waals surface area contributed by atoms with Crippen LogP contribution in [0.3, 0.4) is 0 Å². The van der Waals surface area contributed by atoms with Crippen LogP contribution in [-0.4, -0.2) is 18.6 Å². The number of hydrogen-bond acceptors (Lipinski definition) is 3. The second kappa shape index (κ2) is 5.12. The molecule has 0 amide bonds. The summed E-state index contributed by atoms with van der Waals surface area (Å²) in [5.74, 6) is -0.148. The summed E-state index contributed by atoms with van der Waals surface area (Å²) >= 11 is 0. The average Bonchev–Trinajstić information content (AvgIpc) is 3.11. The second-order valence-electron chi connectivity index (χ2n) is 4.20. The minimum atomic E-state index is -0.148. The maximum absolute atomic E-state index is 11.3. The zero-order valence-electron chi connectivity index (χ0n) is 9.48. The van der Waals surface area contributed by atoms with Crippen LogP contribution < -0.4 is 5.32 Å². The van der Waals surface area contributed by atoms with Crippen LogP contribution in [0.4, 0.5) is 0 Å². The van der Waals surface area contributed by atoms with Gasteiger partial charge in [-0.05, 0) is 25.3 Å². The molecule has 3 nitrogen and oxygen atoms in total. The van der Waals surface area contributed by atoms with Crippen LogP contribution in [0.5, 0.6) is 0 Å². The molecule has 86 valence electrons. The van der Waals surface area contributed by atoms with Crippen molar-refractivity contribution in [2.75, 3.05) is 6.54 Å². The fourth-order valence-corrected chi connectivity index (χ4v) is 1.51. The molecular formula is C13H17NO2. The first kappa shape index (κ1) is 11.1. The van der Waals surface area contributed by atoms with Gasteiger partial charge >= 0.3 is 5.97 Å². The molecule has 1 atom stereocenters. The van der Waals surface area contributed by atoms with Crippen molar-refractivity contribution in [1.29, 1.82) is 0 Å². The number of carbonyl (C=O) groups excluding carboxylic acids is 1. The summed E-state index contributed by atoms with van der Waals surface area (Å²) in [6.07, 6.45) is 2.25. The lowest BCUT2D eigenvalue weighted by molar-refractivity contribution is -0.143. The van der Waals surface area contributed by atoms with Gasteiger partial charge in [0, 0.05) is 6.04 Å². The van der Waals surface area contributed by atoms with Gasteiger partial charge in [0.25, 0.3) is 0 Å². The zero-order valence-corrected chi connectivity index (χ0v) is 9.48. The third-order valence-corrected chi connectivity index (χ3v) is 2.67. The van der Waals surface area contributed by atoms with E-state index >= 15 is 0 Å². The second-order valence-corrected chi connectivity index (χ2v) is 4.20. The van der Waals surface area contributed by atoms with Crippen molar-refractivity contribution in [1.82, 2.24) is 5.32 Å². The van der Waals surface area contributed by atoms with Crippen LogP contribution in [0.1, 0.15) is 31.4 Å². The molecule has 16 heavy (non-hydrogen) atoms. The number of esters is 1. The number of nitrogens with one attached hydrogen (secondary N) is 1. The van der Waals surface area contributed by atoms with Crippen molar-refractivity contribution in [2.45, 2.75) is 31.9 Å². The molecule has 1 aliphatic rings. The van der Waals surface area contributed by atoms with E-state index < -0.39 is 0 Å². The summed E-state index contributed by atoms with van der Waals surface area (Å²) in [6, 6.07) is 10.2. The molecule has 0 heterocycles. The highest BCUT2D eigenvalue weighted by Crippen LogP contribution is 2.23. The first-order chi connectivity index (χ1) is 7.75. The normalized spacial score (nSPS) is 16.8. The minimum absolute atomic E-state index is 0.148. The topological polar surface area (TPSA) is 38.3 Å². The van der Waals surface area contributed by atoms with Gasteiger partial charge in [-0.25, -0.2) is 0 Å². The van der Waals surface area contributed by atoms with Gasteiger partial charge in [-0.1, -0.05) is 30.3 Å². The number of benzene rings is 1. The smallest absolute Gasteiger partial charge is 0.320 e. The Morgan fingerprint density at radius 1 is 1.44 bits per heavy atom. The van der Waals surface area contributed by atoms with Gasteiger partial charge in [0.05, 0.1) is 6.54 Å². The molecule has 0 aliphatic heterocycles. The van der Waals surface area contributed by atoms with Gasteiger partial charge in [0.1, 0.15) is 6.10 Å². The van der Waals surface area contributed by atoms with E-state index in [9.17, 15) is 4.79 Å². The maximum atomic E-state index is 11.3. The lowest BCUT2D eigenvalue weighted by atomic mass is 10.1. The predicted molar refractivity (Wildman–Crippen MR) is 62.0 cm³/mol. The Bertz CT molecular complexity index is 346. The average molecular weight is 219 g/mol. The van der Waals surface area contributed by atoms with Gasteiger partial charge in [-0.2, -0.15) is 0 Å². The van der Waals surface area contributed by atoms with E-state index in [4.69, 9.17) is 4.74 Å². The van der Waals surface area contributed by atoms with E-state index in [0.717, 1.165) is 12.8 Å². The van der Waals surface area contributed by atoms with Crippen LogP contribution in [0, 0.1) is 0 Å². The quantitative estimate of drug-likeness (QED) is 0.770.